The summed E-state index contributed by atoms with van der Waals surface area (Å²) < 4.78 is 36.3. The first-order valence-electron chi connectivity index (χ1n) is 5.99. The van der Waals surface area contributed by atoms with Gasteiger partial charge in [-0.3, -0.25) is 4.79 Å². The number of nitrogens with zero attached hydrogens (tertiary/aromatic N) is 1. The van der Waals surface area contributed by atoms with Gasteiger partial charge in [-0.15, -0.1) is 0 Å². The van der Waals surface area contributed by atoms with Crippen LogP contribution in [-0.2, 0) is 15.0 Å². The van der Waals surface area contributed by atoms with Gasteiger partial charge < -0.3 is 14.8 Å². The summed E-state index contributed by atoms with van der Waals surface area (Å²) in [4.78, 5) is 11.8. The van der Waals surface area contributed by atoms with Gasteiger partial charge in [0.15, 0.2) is 0 Å². The smallest absolute Gasteiger partial charge is 0.279 e. The Bertz CT molecular complexity index is 601. The number of amides is 1. The topological polar surface area (TPSA) is 97.0 Å². The first kappa shape index (κ1) is 17.2. The number of carbonyl (C=O) groups excluding carboxylic acids is 1. The van der Waals surface area contributed by atoms with Gasteiger partial charge in [-0.2, -0.15) is 17.4 Å². The summed E-state index contributed by atoms with van der Waals surface area (Å²) in [5.74, 6) is 0.486. The summed E-state index contributed by atoms with van der Waals surface area (Å²) in [6.45, 7) is -0.379. The van der Waals surface area contributed by atoms with E-state index in [0.717, 1.165) is 4.31 Å². The monoisotopic (exact) mass is 317 g/mol. The summed E-state index contributed by atoms with van der Waals surface area (Å²) in [5.41, 5.74) is 0.423. The van der Waals surface area contributed by atoms with Crippen LogP contribution >= 0.6 is 0 Å². The SMILES string of the molecule is COc1ccc(NC(=O)CNS(=O)(=O)N(C)C)c(OC)c1. The summed E-state index contributed by atoms with van der Waals surface area (Å²) in [5, 5.41) is 2.56. The van der Waals surface area contributed by atoms with Gasteiger partial charge in [0.25, 0.3) is 10.2 Å². The molecule has 0 unspecified atom stereocenters. The number of methoxy groups -OCH3 is 2. The third kappa shape index (κ3) is 4.88. The van der Waals surface area contributed by atoms with E-state index in [1.165, 1.54) is 28.3 Å². The molecule has 118 valence electrons. The molecule has 0 heterocycles. The molecule has 0 saturated heterocycles. The van der Waals surface area contributed by atoms with Crippen LogP contribution in [0.1, 0.15) is 0 Å². The lowest BCUT2D eigenvalue weighted by Crippen LogP contribution is -2.40. The van der Waals surface area contributed by atoms with Crippen LogP contribution in [0.5, 0.6) is 11.5 Å². The Morgan fingerprint density at radius 1 is 1.24 bits per heavy atom. The number of hydrogen-bond donors (Lipinski definition) is 2. The van der Waals surface area contributed by atoms with E-state index in [4.69, 9.17) is 9.47 Å². The van der Waals surface area contributed by atoms with E-state index in [-0.39, 0.29) is 6.54 Å². The normalized spacial score (nSPS) is 11.3. The first-order chi connectivity index (χ1) is 9.80. The van der Waals surface area contributed by atoms with Crippen LogP contribution in [0.4, 0.5) is 5.69 Å². The minimum absolute atomic E-state index is 0.379. The molecule has 0 fully saturated rings. The lowest BCUT2D eigenvalue weighted by molar-refractivity contribution is -0.115. The van der Waals surface area contributed by atoms with Gasteiger partial charge in [0.05, 0.1) is 26.5 Å². The predicted molar refractivity (Wildman–Crippen MR) is 78.8 cm³/mol. The summed E-state index contributed by atoms with van der Waals surface area (Å²) in [7, 11) is 2.07. The van der Waals surface area contributed by atoms with E-state index in [0.29, 0.717) is 17.2 Å². The molecule has 0 aliphatic rings. The highest BCUT2D eigenvalue weighted by atomic mass is 32.2. The van der Waals surface area contributed by atoms with Crippen LogP contribution in [0.3, 0.4) is 0 Å². The molecular formula is C12H19N3O5S. The maximum atomic E-state index is 11.8. The minimum atomic E-state index is -3.64. The van der Waals surface area contributed by atoms with Gasteiger partial charge in [-0.05, 0) is 12.1 Å². The molecule has 8 nitrogen and oxygen atoms in total. The average Bonchev–Trinajstić information content (AvgIpc) is 2.45. The zero-order chi connectivity index (χ0) is 16.0. The van der Waals surface area contributed by atoms with Crippen LogP contribution in [0.2, 0.25) is 0 Å². The molecule has 0 bridgehead atoms. The molecule has 1 aromatic carbocycles. The number of ether oxygens (including phenoxy) is 2. The van der Waals surface area contributed by atoms with Gasteiger partial charge in [0, 0.05) is 20.2 Å². The van der Waals surface area contributed by atoms with E-state index in [1.54, 1.807) is 18.2 Å². The molecule has 0 aliphatic heterocycles. The Morgan fingerprint density at radius 3 is 2.43 bits per heavy atom. The van der Waals surface area contributed by atoms with Crippen molar-refractivity contribution in [3.63, 3.8) is 0 Å². The fraction of sp³-hybridized carbons (Fsp3) is 0.417. The Hall–Kier alpha value is -1.84. The minimum Gasteiger partial charge on any atom is -0.497 e. The molecule has 2 N–H and O–H groups in total. The molecule has 1 rings (SSSR count). The molecule has 0 saturated carbocycles. The van der Waals surface area contributed by atoms with E-state index in [2.05, 4.69) is 10.0 Å². The van der Waals surface area contributed by atoms with Crippen LogP contribution in [0.15, 0.2) is 18.2 Å². The van der Waals surface area contributed by atoms with Crippen LogP contribution < -0.4 is 19.5 Å². The van der Waals surface area contributed by atoms with Crippen LogP contribution in [0, 0.1) is 0 Å². The number of hydrogen-bond acceptors (Lipinski definition) is 5. The summed E-state index contributed by atoms with van der Waals surface area (Å²) in [6, 6.07) is 4.87. The number of benzene rings is 1. The van der Waals surface area contributed by atoms with Gasteiger partial charge in [-0.1, -0.05) is 0 Å². The highest BCUT2D eigenvalue weighted by Gasteiger charge is 2.15. The number of carbonyl (C=O) groups is 1. The van der Waals surface area contributed by atoms with Crippen LogP contribution in [0.25, 0.3) is 0 Å². The molecule has 9 heteroatoms. The van der Waals surface area contributed by atoms with Gasteiger partial charge >= 0.3 is 0 Å². The van der Waals surface area contributed by atoms with Gasteiger partial charge in [0.1, 0.15) is 11.5 Å². The number of anilines is 1. The highest BCUT2D eigenvalue weighted by molar-refractivity contribution is 7.87. The number of nitrogens with one attached hydrogen (secondary N) is 2. The molecule has 0 radical (unpaired) electrons. The molecule has 1 aromatic rings. The molecule has 21 heavy (non-hydrogen) atoms. The van der Waals surface area contributed by atoms with Gasteiger partial charge in [0.2, 0.25) is 5.91 Å². The largest absolute Gasteiger partial charge is 0.497 e. The quantitative estimate of drug-likeness (QED) is 0.740. The highest BCUT2D eigenvalue weighted by Crippen LogP contribution is 2.28. The maximum absolute atomic E-state index is 11.8. The van der Waals surface area contributed by atoms with Crippen molar-refractivity contribution < 1.29 is 22.7 Å². The second kappa shape index (κ2) is 7.25. The average molecular weight is 317 g/mol. The van der Waals surface area contributed by atoms with Crippen molar-refractivity contribution in [2.45, 2.75) is 0 Å². The van der Waals surface area contributed by atoms with Crippen molar-refractivity contribution in [1.82, 2.24) is 9.03 Å². The third-order valence-corrected chi connectivity index (χ3v) is 4.05. The molecule has 1 amide bonds. The standard InChI is InChI=1S/C12H19N3O5S/c1-15(2)21(17,18)13-8-12(16)14-10-6-5-9(19-3)7-11(10)20-4/h5-7,13H,8H2,1-4H3,(H,14,16). The van der Waals surface area contributed by atoms with E-state index >= 15 is 0 Å². The molecular weight excluding hydrogens is 298 g/mol. The third-order valence-electron chi connectivity index (χ3n) is 2.58. The van der Waals surface area contributed by atoms with Crippen LogP contribution in [-0.4, -0.2) is 53.5 Å². The molecule has 0 spiro atoms. The summed E-state index contributed by atoms with van der Waals surface area (Å²) in [6.07, 6.45) is 0. The summed E-state index contributed by atoms with van der Waals surface area (Å²) >= 11 is 0. The molecule has 0 aromatic heterocycles. The Labute approximate surface area is 124 Å². The fourth-order valence-electron chi connectivity index (χ4n) is 1.38. The molecule has 0 aliphatic carbocycles. The molecule has 0 atom stereocenters. The maximum Gasteiger partial charge on any atom is 0.279 e. The number of rotatable bonds is 7. The van der Waals surface area contributed by atoms with E-state index in [1.807, 2.05) is 0 Å². The van der Waals surface area contributed by atoms with Crippen molar-refractivity contribution >= 4 is 21.8 Å². The van der Waals surface area contributed by atoms with E-state index < -0.39 is 16.1 Å². The Balaban J connectivity index is 2.71. The fourth-order valence-corrected chi connectivity index (χ4v) is 1.95. The predicted octanol–water partition coefficient (Wildman–Crippen LogP) is 0.0383. The van der Waals surface area contributed by atoms with E-state index in [9.17, 15) is 13.2 Å². The Kier molecular flexibility index (Phi) is 5.94. The lowest BCUT2D eigenvalue weighted by Gasteiger charge is -2.14. The second-order valence-electron chi connectivity index (χ2n) is 4.22. The second-order valence-corrected chi connectivity index (χ2v) is 6.19. The zero-order valence-corrected chi connectivity index (χ0v) is 13.2. The zero-order valence-electron chi connectivity index (χ0n) is 12.3. The van der Waals surface area contributed by atoms with Crippen molar-refractivity contribution in [2.24, 2.45) is 0 Å². The van der Waals surface area contributed by atoms with Crippen molar-refractivity contribution in [1.29, 1.82) is 0 Å². The van der Waals surface area contributed by atoms with Crippen molar-refractivity contribution in [3.8, 4) is 11.5 Å². The van der Waals surface area contributed by atoms with Crippen molar-refractivity contribution in [3.05, 3.63) is 18.2 Å². The lowest BCUT2D eigenvalue weighted by atomic mass is 10.2. The van der Waals surface area contributed by atoms with Gasteiger partial charge in [-0.25, -0.2) is 0 Å². The first-order valence-corrected chi connectivity index (χ1v) is 7.43. The Morgan fingerprint density at radius 2 is 1.90 bits per heavy atom. The van der Waals surface area contributed by atoms with Crippen molar-refractivity contribution in [2.75, 3.05) is 40.2 Å².